The van der Waals surface area contributed by atoms with Crippen LogP contribution in [0.3, 0.4) is 0 Å². The number of ether oxygens (including phenoxy) is 2. The van der Waals surface area contributed by atoms with Crippen LogP contribution in [-0.4, -0.2) is 37.0 Å². The Morgan fingerprint density at radius 1 is 1.23 bits per heavy atom. The summed E-state index contributed by atoms with van der Waals surface area (Å²) in [4.78, 5) is 19.3. The monoisotopic (exact) mass is 411 g/mol. The third-order valence-corrected chi connectivity index (χ3v) is 4.04. The zero-order valence-corrected chi connectivity index (χ0v) is 14.3. The molecule has 0 aliphatic carbocycles. The molecule has 0 fully saturated rings. The number of rotatable bonds is 5. The third-order valence-electron chi connectivity index (χ3n) is 2.75. The van der Waals surface area contributed by atoms with Gasteiger partial charge in [0.1, 0.15) is 5.75 Å². The summed E-state index contributed by atoms with van der Waals surface area (Å²) in [6.07, 6.45) is 2.47. The van der Waals surface area contributed by atoms with E-state index in [-0.39, 0.29) is 16.8 Å². The van der Waals surface area contributed by atoms with E-state index in [1.807, 2.05) is 0 Å². The van der Waals surface area contributed by atoms with Crippen LogP contribution in [-0.2, 0) is 14.8 Å². The number of carbonyl (C=O) groups excluding carboxylic acids is 1. The second-order valence-electron chi connectivity index (χ2n) is 4.54. The van der Waals surface area contributed by atoms with Gasteiger partial charge in [-0.2, -0.15) is 21.6 Å². The number of benzene rings is 1. The van der Waals surface area contributed by atoms with E-state index in [1.165, 1.54) is 17.1 Å². The van der Waals surface area contributed by atoms with E-state index in [0.29, 0.717) is 0 Å². The predicted octanol–water partition coefficient (Wildman–Crippen LogP) is 2.97. The first-order valence-corrected chi connectivity index (χ1v) is 8.36. The fourth-order valence-electron chi connectivity index (χ4n) is 1.62. The topological polar surface area (TPSA) is 107 Å². The molecule has 0 atom stereocenters. The molecule has 0 saturated heterocycles. The van der Waals surface area contributed by atoms with Gasteiger partial charge in [-0.05, 0) is 18.2 Å². The van der Waals surface area contributed by atoms with Gasteiger partial charge in [-0.15, -0.1) is 0 Å². The van der Waals surface area contributed by atoms with Crippen LogP contribution in [0.15, 0.2) is 30.6 Å². The van der Waals surface area contributed by atoms with Crippen LogP contribution < -0.4 is 9.46 Å². The zero-order chi connectivity index (χ0) is 19.5. The number of aromatic nitrogens is 2. The maximum atomic E-state index is 12.5. The fourth-order valence-corrected chi connectivity index (χ4v) is 2.30. The van der Waals surface area contributed by atoms with Gasteiger partial charge in [0, 0.05) is 0 Å². The highest BCUT2D eigenvalue weighted by Gasteiger charge is 2.46. The van der Waals surface area contributed by atoms with Crippen molar-refractivity contribution in [3.05, 3.63) is 41.2 Å². The molecular weight excluding hydrogens is 403 g/mol. The second-order valence-corrected chi connectivity index (χ2v) is 6.65. The number of methoxy groups -OCH3 is 1. The lowest BCUT2D eigenvalue weighted by molar-refractivity contribution is -0.0429. The Balaban J connectivity index is 2.38. The van der Waals surface area contributed by atoms with E-state index >= 15 is 0 Å². The number of nitrogens with one attached hydrogen (secondary N) is 1. The summed E-state index contributed by atoms with van der Waals surface area (Å²) in [5, 5.41) is 0.240. The van der Waals surface area contributed by atoms with Crippen LogP contribution in [0.2, 0.25) is 5.02 Å². The predicted molar refractivity (Wildman–Crippen MR) is 83.5 cm³/mol. The number of halogens is 4. The van der Waals surface area contributed by atoms with Crippen LogP contribution in [0.1, 0.15) is 10.4 Å². The first kappa shape index (κ1) is 19.7. The Morgan fingerprint density at radius 3 is 2.38 bits per heavy atom. The lowest BCUT2D eigenvalue weighted by atomic mass is 10.2. The van der Waals surface area contributed by atoms with Gasteiger partial charge in [0.05, 0.1) is 35.8 Å². The minimum absolute atomic E-state index is 0.0531. The van der Waals surface area contributed by atoms with Gasteiger partial charge in [0.2, 0.25) is 0 Å². The van der Waals surface area contributed by atoms with Gasteiger partial charge in [-0.25, -0.2) is 14.8 Å². The summed E-state index contributed by atoms with van der Waals surface area (Å²) < 4.78 is 71.0. The molecular formula is C13H9ClF3N3O5S. The van der Waals surface area contributed by atoms with Crippen molar-refractivity contribution in [3.8, 4) is 11.8 Å². The highest BCUT2D eigenvalue weighted by atomic mass is 35.5. The maximum absolute atomic E-state index is 12.5. The Hall–Kier alpha value is -2.60. The summed E-state index contributed by atoms with van der Waals surface area (Å²) in [6, 6.07) is 2.83. The lowest BCUT2D eigenvalue weighted by Crippen LogP contribution is -2.30. The van der Waals surface area contributed by atoms with Crippen LogP contribution in [0.5, 0.6) is 11.8 Å². The molecule has 0 aliphatic rings. The van der Waals surface area contributed by atoms with Crippen molar-refractivity contribution < 1.29 is 35.9 Å². The number of nitrogens with zero attached hydrogens (tertiary/aromatic N) is 2. The average Bonchev–Trinajstić information content (AvgIpc) is 2.56. The standard InChI is InChI=1S/C13H9ClF3N3O5S/c1-24-11(21)9-4-8(25-12-18-5-7(14)6-19-12)2-3-10(9)20-26(22,23)13(15,16)17/h2-6,20H,1H3. The number of anilines is 1. The van der Waals surface area contributed by atoms with Gasteiger partial charge in [-0.1, -0.05) is 11.6 Å². The molecule has 0 amide bonds. The molecule has 0 aliphatic heterocycles. The number of hydrogen-bond acceptors (Lipinski definition) is 7. The molecule has 8 nitrogen and oxygen atoms in total. The van der Waals surface area contributed by atoms with E-state index in [4.69, 9.17) is 16.3 Å². The fraction of sp³-hybridized carbons (Fsp3) is 0.154. The smallest absolute Gasteiger partial charge is 0.465 e. The highest BCUT2D eigenvalue weighted by molar-refractivity contribution is 7.93. The quantitative estimate of drug-likeness (QED) is 0.753. The van der Waals surface area contributed by atoms with Gasteiger partial charge in [0.25, 0.3) is 0 Å². The highest BCUT2D eigenvalue weighted by Crippen LogP contribution is 2.30. The summed E-state index contributed by atoms with van der Waals surface area (Å²) in [6.45, 7) is 0. The minimum Gasteiger partial charge on any atom is -0.465 e. The molecule has 1 aromatic carbocycles. The van der Waals surface area contributed by atoms with E-state index in [1.54, 1.807) is 0 Å². The molecule has 2 aromatic rings. The Labute approximate surface area is 150 Å². The molecule has 13 heteroatoms. The Bertz CT molecular complexity index is 920. The van der Waals surface area contributed by atoms with Crippen molar-refractivity contribution in [1.82, 2.24) is 9.97 Å². The van der Waals surface area contributed by atoms with Crippen molar-refractivity contribution in [2.45, 2.75) is 5.51 Å². The lowest BCUT2D eigenvalue weighted by Gasteiger charge is -2.14. The van der Waals surface area contributed by atoms with E-state index in [0.717, 1.165) is 25.3 Å². The molecule has 0 spiro atoms. The van der Waals surface area contributed by atoms with Gasteiger partial charge in [0.15, 0.2) is 0 Å². The molecule has 1 aromatic heterocycles. The molecule has 0 unspecified atom stereocenters. The Morgan fingerprint density at radius 2 is 1.85 bits per heavy atom. The SMILES string of the molecule is COC(=O)c1cc(Oc2ncc(Cl)cn2)ccc1NS(=O)(=O)C(F)(F)F. The minimum atomic E-state index is -5.73. The molecule has 26 heavy (non-hydrogen) atoms. The van der Waals surface area contributed by atoms with Crippen molar-refractivity contribution in [1.29, 1.82) is 0 Å². The molecule has 0 radical (unpaired) electrons. The van der Waals surface area contributed by atoms with Crippen molar-refractivity contribution in [2.24, 2.45) is 0 Å². The third kappa shape index (κ3) is 4.52. The molecule has 2 rings (SSSR count). The van der Waals surface area contributed by atoms with Gasteiger partial charge < -0.3 is 9.47 Å². The van der Waals surface area contributed by atoms with Gasteiger partial charge in [-0.3, -0.25) is 4.72 Å². The number of alkyl halides is 3. The Kier molecular flexibility index (Phi) is 5.56. The zero-order valence-electron chi connectivity index (χ0n) is 12.7. The first-order valence-electron chi connectivity index (χ1n) is 6.50. The summed E-state index contributed by atoms with van der Waals surface area (Å²) in [5.74, 6) is -1.14. The van der Waals surface area contributed by atoms with E-state index < -0.39 is 32.8 Å². The van der Waals surface area contributed by atoms with Crippen LogP contribution >= 0.6 is 11.6 Å². The molecule has 1 N–H and O–H groups in total. The van der Waals surface area contributed by atoms with E-state index in [9.17, 15) is 26.4 Å². The number of carbonyl (C=O) groups is 1. The number of hydrogen-bond donors (Lipinski definition) is 1. The summed E-state index contributed by atoms with van der Waals surface area (Å²) in [5.41, 5.74) is -6.71. The van der Waals surface area contributed by atoms with Crippen LogP contribution in [0.25, 0.3) is 0 Å². The maximum Gasteiger partial charge on any atom is 0.516 e. The molecule has 140 valence electrons. The largest absolute Gasteiger partial charge is 0.516 e. The molecule has 0 bridgehead atoms. The summed E-state index contributed by atoms with van der Waals surface area (Å²) in [7, 11) is -4.76. The van der Waals surface area contributed by atoms with E-state index in [2.05, 4.69) is 14.7 Å². The van der Waals surface area contributed by atoms with Crippen molar-refractivity contribution in [3.63, 3.8) is 0 Å². The normalized spacial score (nSPS) is 11.7. The molecule has 1 heterocycles. The number of esters is 1. The average molecular weight is 412 g/mol. The second kappa shape index (κ2) is 7.33. The van der Waals surface area contributed by atoms with Crippen LogP contribution in [0.4, 0.5) is 18.9 Å². The first-order chi connectivity index (χ1) is 12.0. The molecule has 0 saturated carbocycles. The van der Waals surface area contributed by atoms with Crippen molar-refractivity contribution >= 4 is 33.3 Å². The number of sulfonamides is 1. The van der Waals surface area contributed by atoms with Crippen LogP contribution in [0, 0.1) is 0 Å². The summed E-state index contributed by atoms with van der Waals surface area (Å²) >= 11 is 5.62. The van der Waals surface area contributed by atoms with Gasteiger partial charge >= 0.3 is 27.5 Å². The van der Waals surface area contributed by atoms with Crippen molar-refractivity contribution in [2.75, 3.05) is 11.8 Å².